The lowest BCUT2D eigenvalue weighted by atomic mass is 9.85. The highest BCUT2D eigenvalue weighted by Crippen LogP contribution is 2.42. The number of halogens is 2. The number of rotatable bonds is 4. The third-order valence-electron chi connectivity index (χ3n) is 4.83. The molecule has 2 heterocycles. The number of ether oxygens (including phenoxy) is 2. The van der Waals surface area contributed by atoms with Crippen LogP contribution in [-0.2, 0) is 4.74 Å². The van der Waals surface area contributed by atoms with Crippen molar-refractivity contribution < 1.29 is 14.6 Å². The quantitative estimate of drug-likeness (QED) is 0.843. The zero-order chi connectivity index (χ0) is 15.4. The van der Waals surface area contributed by atoms with Gasteiger partial charge >= 0.3 is 0 Å². The van der Waals surface area contributed by atoms with Gasteiger partial charge in [-0.3, -0.25) is 4.90 Å². The first-order valence-electron chi connectivity index (χ1n) is 8.19. The van der Waals surface area contributed by atoms with Crippen LogP contribution in [0.25, 0.3) is 0 Å². The molecule has 5 nitrogen and oxygen atoms in total. The Bertz CT molecular complexity index is 475. The van der Waals surface area contributed by atoms with Crippen LogP contribution in [0.3, 0.4) is 0 Å². The number of para-hydroxylation sites is 1. The number of hydrogen-bond acceptors (Lipinski definition) is 5. The van der Waals surface area contributed by atoms with Crippen molar-refractivity contribution in [2.45, 2.75) is 18.9 Å². The number of hydrogen-bond donors (Lipinski definition) is 2. The molecule has 0 saturated carbocycles. The summed E-state index contributed by atoms with van der Waals surface area (Å²) in [5, 5.41) is 14.0. The molecule has 0 bridgehead atoms. The lowest BCUT2D eigenvalue weighted by molar-refractivity contribution is 0.0205. The predicted octanol–water partition coefficient (Wildman–Crippen LogP) is 2.62. The highest BCUT2D eigenvalue weighted by molar-refractivity contribution is 5.85. The zero-order valence-electron chi connectivity index (χ0n) is 14.1. The molecule has 0 unspecified atom stereocenters. The highest BCUT2D eigenvalue weighted by atomic mass is 35.5. The van der Waals surface area contributed by atoms with Crippen LogP contribution in [0.15, 0.2) is 18.2 Å². The molecule has 1 atom stereocenters. The monoisotopic (exact) mass is 378 g/mol. The smallest absolute Gasteiger partial charge is 0.162 e. The molecule has 2 aliphatic heterocycles. The molecule has 138 valence electrons. The summed E-state index contributed by atoms with van der Waals surface area (Å²) in [6.45, 7) is 5.67. The Hall–Kier alpha value is -0.720. The van der Waals surface area contributed by atoms with E-state index in [9.17, 15) is 5.11 Å². The van der Waals surface area contributed by atoms with E-state index < -0.39 is 0 Å². The van der Waals surface area contributed by atoms with Crippen LogP contribution >= 0.6 is 24.8 Å². The summed E-state index contributed by atoms with van der Waals surface area (Å²) in [6.07, 6.45) is 2.09. The number of methoxy groups -OCH3 is 1. The van der Waals surface area contributed by atoms with Crippen molar-refractivity contribution in [3.8, 4) is 11.5 Å². The minimum Gasteiger partial charge on any atom is -0.504 e. The average molecular weight is 379 g/mol. The third-order valence-corrected chi connectivity index (χ3v) is 4.83. The maximum absolute atomic E-state index is 10.6. The number of piperazine rings is 1. The van der Waals surface area contributed by atoms with Gasteiger partial charge in [-0.1, -0.05) is 12.1 Å². The SMILES string of the molecule is COc1cccc([C@@H](C2CCOCC2)N2CCNCC2)c1O.Cl.Cl. The Labute approximate surface area is 156 Å². The van der Waals surface area contributed by atoms with Crippen molar-refractivity contribution in [1.82, 2.24) is 10.2 Å². The molecule has 0 aromatic heterocycles. The van der Waals surface area contributed by atoms with Gasteiger partial charge in [0.2, 0.25) is 0 Å². The Kier molecular flexibility index (Phi) is 9.16. The van der Waals surface area contributed by atoms with Crippen LogP contribution in [0.1, 0.15) is 24.4 Å². The number of nitrogens with one attached hydrogen (secondary N) is 1. The fourth-order valence-corrected chi connectivity index (χ4v) is 3.68. The third kappa shape index (κ3) is 4.67. The van der Waals surface area contributed by atoms with E-state index in [0.717, 1.165) is 57.8 Å². The fraction of sp³-hybridized carbons (Fsp3) is 0.647. The standard InChI is InChI=1S/C17H26N2O3.2ClH/c1-21-15-4-2-3-14(17(15)20)16(13-5-11-22-12-6-13)19-9-7-18-8-10-19;;/h2-4,13,16,18,20H,5-12H2,1H3;2*1H/t16-;;/m1../s1. The van der Waals surface area contributed by atoms with Crippen LogP contribution in [0.4, 0.5) is 0 Å². The summed E-state index contributed by atoms with van der Waals surface area (Å²) in [7, 11) is 1.60. The molecule has 1 aromatic carbocycles. The second kappa shape index (κ2) is 10.3. The maximum atomic E-state index is 10.6. The second-order valence-corrected chi connectivity index (χ2v) is 6.08. The average Bonchev–Trinajstić information content (AvgIpc) is 2.59. The largest absolute Gasteiger partial charge is 0.504 e. The minimum atomic E-state index is 0. The topological polar surface area (TPSA) is 54.0 Å². The van der Waals surface area contributed by atoms with Gasteiger partial charge < -0.3 is 19.9 Å². The lowest BCUT2D eigenvalue weighted by Gasteiger charge is -2.41. The van der Waals surface area contributed by atoms with Crippen LogP contribution < -0.4 is 10.1 Å². The van der Waals surface area contributed by atoms with E-state index in [1.807, 2.05) is 18.2 Å². The van der Waals surface area contributed by atoms with Crippen LogP contribution in [0, 0.1) is 5.92 Å². The van der Waals surface area contributed by atoms with Crippen molar-refractivity contribution in [3.05, 3.63) is 23.8 Å². The van der Waals surface area contributed by atoms with Crippen LogP contribution in [0.5, 0.6) is 11.5 Å². The summed E-state index contributed by atoms with van der Waals surface area (Å²) < 4.78 is 10.8. The number of phenolic OH excluding ortho intramolecular Hbond substituents is 1. The molecule has 2 fully saturated rings. The Morgan fingerprint density at radius 1 is 1.21 bits per heavy atom. The second-order valence-electron chi connectivity index (χ2n) is 6.08. The van der Waals surface area contributed by atoms with Gasteiger partial charge in [0.1, 0.15) is 0 Å². The van der Waals surface area contributed by atoms with Crippen molar-refractivity contribution >= 4 is 24.8 Å². The molecule has 0 amide bonds. The molecule has 2 aliphatic rings. The molecule has 3 rings (SSSR count). The fourth-order valence-electron chi connectivity index (χ4n) is 3.68. The van der Waals surface area contributed by atoms with E-state index >= 15 is 0 Å². The molecule has 2 saturated heterocycles. The molecule has 0 radical (unpaired) electrons. The van der Waals surface area contributed by atoms with Gasteiger partial charge in [0.05, 0.1) is 7.11 Å². The number of aromatic hydroxyl groups is 1. The highest BCUT2D eigenvalue weighted by Gasteiger charge is 2.33. The maximum Gasteiger partial charge on any atom is 0.162 e. The molecule has 0 spiro atoms. The van der Waals surface area contributed by atoms with Gasteiger partial charge in [0.15, 0.2) is 11.5 Å². The molecule has 2 N–H and O–H groups in total. The van der Waals surface area contributed by atoms with Crippen LogP contribution in [-0.4, -0.2) is 56.5 Å². The summed E-state index contributed by atoms with van der Waals surface area (Å²) in [5.41, 5.74) is 0.994. The first-order chi connectivity index (χ1) is 10.8. The molecular weight excluding hydrogens is 351 g/mol. The summed E-state index contributed by atoms with van der Waals surface area (Å²) in [5.74, 6) is 1.37. The lowest BCUT2D eigenvalue weighted by Crippen LogP contribution is -2.47. The number of nitrogens with zero attached hydrogens (tertiary/aromatic N) is 1. The molecule has 24 heavy (non-hydrogen) atoms. The number of phenols is 1. The van der Waals surface area contributed by atoms with Gasteiger partial charge in [-0.2, -0.15) is 0 Å². The van der Waals surface area contributed by atoms with E-state index in [1.165, 1.54) is 0 Å². The van der Waals surface area contributed by atoms with Crippen molar-refractivity contribution in [1.29, 1.82) is 0 Å². The molecule has 1 aromatic rings. The summed E-state index contributed by atoms with van der Waals surface area (Å²) in [4.78, 5) is 2.50. The first-order valence-corrected chi connectivity index (χ1v) is 8.19. The van der Waals surface area contributed by atoms with E-state index in [-0.39, 0.29) is 30.9 Å². The van der Waals surface area contributed by atoms with E-state index in [4.69, 9.17) is 9.47 Å². The predicted molar refractivity (Wildman–Crippen MR) is 99.9 cm³/mol. The zero-order valence-corrected chi connectivity index (χ0v) is 15.7. The van der Waals surface area contributed by atoms with E-state index in [1.54, 1.807) is 7.11 Å². The molecule has 7 heteroatoms. The number of benzene rings is 1. The van der Waals surface area contributed by atoms with E-state index in [2.05, 4.69) is 10.2 Å². The van der Waals surface area contributed by atoms with Crippen LogP contribution in [0.2, 0.25) is 0 Å². The van der Waals surface area contributed by atoms with Gasteiger partial charge in [-0.15, -0.1) is 24.8 Å². The first kappa shape index (κ1) is 21.3. The van der Waals surface area contributed by atoms with Gasteiger partial charge in [0.25, 0.3) is 0 Å². The van der Waals surface area contributed by atoms with Crippen molar-refractivity contribution in [3.63, 3.8) is 0 Å². The Morgan fingerprint density at radius 2 is 1.88 bits per heavy atom. The summed E-state index contributed by atoms with van der Waals surface area (Å²) >= 11 is 0. The van der Waals surface area contributed by atoms with Crippen molar-refractivity contribution in [2.24, 2.45) is 5.92 Å². The van der Waals surface area contributed by atoms with Gasteiger partial charge in [0, 0.05) is 51.0 Å². The Morgan fingerprint density at radius 3 is 2.50 bits per heavy atom. The van der Waals surface area contributed by atoms with Crippen molar-refractivity contribution in [2.75, 3.05) is 46.5 Å². The van der Waals surface area contributed by atoms with E-state index in [0.29, 0.717) is 17.4 Å². The van der Waals surface area contributed by atoms with Gasteiger partial charge in [-0.05, 0) is 24.8 Å². The minimum absolute atomic E-state index is 0. The Balaban J connectivity index is 0.00000144. The molecular formula is C17H28Cl2N2O3. The van der Waals surface area contributed by atoms with Gasteiger partial charge in [-0.25, -0.2) is 0 Å². The molecule has 0 aliphatic carbocycles. The normalized spacial score (nSPS) is 20.5. The summed E-state index contributed by atoms with van der Waals surface area (Å²) in [6, 6.07) is 6.07.